The molecule has 2 aromatic carbocycles. The zero-order valence-corrected chi connectivity index (χ0v) is 20.3. The van der Waals surface area contributed by atoms with Crippen LogP contribution >= 0.6 is 11.6 Å². The Kier molecular flexibility index (Phi) is 7.56. The van der Waals surface area contributed by atoms with Crippen molar-refractivity contribution in [3.63, 3.8) is 0 Å². The Morgan fingerprint density at radius 1 is 1.09 bits per heavy atom. The fourth-order valence-electron chi connectivity index (χ4n) is 3.84. The lowest BCUT2D eigenvalue weighted by Crippen LogP contribution is -2.43. The topological polar surface area (TPSA) is 82.1 Å². The number of nitrogens with zero attached hydrogens (tertiary/aromatic N) is 1. The molecule has 1 atom stereocenters. The van der Waals surface area contributed by atoms with Crippen LogP contribution in [-0.2, 0) is 21.2 Å². The molecule has 9 heteroatoms. The fourth-order valence-corrected chi connectivity index (χ4v) is 5.68. The van der Waals surface area contributed by atoms with Crippen LogP contribution in [0.1, 0.15) is 23.1 Å². The van der Waals surface area contributed by atoms with Gasteiger partial charge in [-0.25, -0.2) is 8.42 Å². The number of carbonyl (C=O) groups excluding carboxylic acids is 1. The van der Waals surface area contributed by atoms with Gasteiger partial charge in [0.15, 0.2) is 27.9 Å². The minimum absolute atomic E-state index is 0.0504. The molecule has 0 aromatic heterocycles. The molecule has 174 valence electrons. The second kappa shape index (κ2) is 10.0. The summed E-state index contributed by atoms with van der Waals surface area (Å²) in [5.41, 5.74) is 2.52. The van der Waals surface area contributed by atoms with Crippen molar-refractivity contribution in [2.45, 2.75) is 32.9 Å². The van der Waals surface area contributed by atoms with Crippen LogP contribution in [0, 0.1) is 13.8 Å². The number of methoxy groups -OCH3 is 2. The Morgan fingerprint density at radius 2 is 1.75 bits per heavy atom. The molecule has 32 heavy (non-hydrogen) atoms. The summed E-state index contributed by atoms with van der Waals surface area (Å²) in [6.07, 6.45) is 0.403. The summed E-state index contributed by atoms with van der Waals surface area (Å²) in [6.45, 7) is 3.78. The van der Waals surface area contributed by atoms with E-state index in [-0.39, 0.29) is 30.6 Å². The molecule has 0 spiro atoms. The maximum Gasteiger partial charge on any atom is 0.261 e. The molecule has 1 saturated heterocycles. The summed E-state index contributed by atoms with van der Waals surface area (Å²) >= 11 is 6.21. The van der Waals surface area contributed by atoms with E-state index in [1.165, 1.54) is 7.11 Å². The normalized spacial score (nSPS) is 17.1. The van der Waals surface area contributed by atoms with E-state index in [9.17, 15) is 13.2 Å². The fraction of sp³-hybridized carbons (Fsp3) is 0.435. The van der Waals surface area contributed by atoms with Gasteiger partial charge in [-0.05, 0) is 61.2 Å². The van der Waals surface area contributed by atoms with Gasteiger partial charge in [0.2, 0.25) is 0 Å². The van der Waals surface area contributed by atoms with E-state index in [1.807, 2.05) is 19.9 Å². The first-order valence-electron chi connectivity index (χ1n) is 10.2. The van der Waals surface area contributed by atoms with Crippen molar-refractivity contribution in [2.75, 3.05) is 32.3 Å². The number of carbonyl (C=O) groups is 1. The van der Waals surface area contributed by atoms with Crippen molar-refractivity contribution in [3.05, 3.63) is 52.0 Å². The average Bonchev–Trinajstić information content (AvgIpc) is 3.12. The molecule has 1 aliphatic rings. The molecule has 0 radical (unpaired) electrons. The first kappa shape index (κ1) is 24.2. The minimum Gasteiger partial charge on any atom is -0.493 e. The van der Waals surface area contributed by atoms with Gasteiger partial charge >= 0.3 is 0 Å². The van der Waals surface area contributed by atoms with E-state index in [1.54, 1.807) is 36.3 Å². The lowest BCUT2D eigenvalue weighted by Gasteiger charge is -2.28. The first-order chi connectivity index (χ1) is 15.1. The maximum absolute atomic E-state index is 13.2. The number of benzene rings is 2. The Bertz CT molecular complexity index is 1080. The molecule has 1 aliphatic heterocycles. The third-order valence-electron chi connectivity index (χ3n) is 5.54. The van der Waals surface area contributed by atoms with Gasteiger partial charge in [0.1, 0.15) is 5.75 Å². The van der Waals surface area contributed by atoms with Gasteiger partial charge in [0, 0.05) is 17.6 Å². The monoisotopic (exact) mass is 481 g/mol. The number of hydrogen-bond donors (Lipinski definition) is 0. The third-order valence-corrected chi connectivity index (χ3v) is 7.89. The van der Waals surface area contributed by atoms with Gasteiger partial charge in [-0.3, -0.25) is 4.79 Å². The summed E-state index contributed by atoms with van der Waals surface area (Å²) in [5, 5.41) is 0.662. The van der Waals surface area contributed by atoms with E-state index in [2.05, 4.69) is 0 Å². The zero-order chi connectivity index (χ0) is 23.5. The summed E-state index contributed by atoms with van der Waals surface area (Å²) in [4.78, 5) is 14.7. The molecule has 2 aromatic rings. The van der Waals surface area contributed by atoms with Gasteiger partial charge in [-0.1, -0.05) is 17.7 Å². The standard InChI is InChI=1S/C23H28ClNO6S/c1-15-9-19(10-16(2)23(15)24)31-13-22(26)25(18-7-8-32(27,28)14-18)12-17-5-6-20(29-3)21(11-17)30-4/h5-6,9-11,18H,7-8,12-14H2,1-4H3. The van der Waals surface area contributed by atoms with Crippen LogP contribution in [-0.4, -0.2) is 57.6 Å². The van der Waals surface area contributed by atoms with E-state index in [0.29, 0.717) is 28.7 Å². The van der Waals surface area contributed by atoms with E-state index in [4.69, 9.17) is 25.8 Å². The predicted octanol–water partition coefficient (Wildman–Crippen LogP) is 3.57. The highest BCUT2D eigenvalue weighted by atomic mass is 35.5. The van der Waals surface area contributed by atoms with Crippen LogP contribution < -0.4 is 14.2 Å². The Balaban J connectivity index is 1.80. The van der Waals surface area contributed by atoms with E-state index < -0.39 is 15.9 Å². The van der Waals surface area contributed by atoms with Crippen molar-refractivity contribution in [1.82, 2.24) is 4.90 Å². The average molecular weight is 482 g/mol. The highest BCUT2D eigenvalue weighted by Crippen LogP contribution is 2.30. The maximum atomic E-state index is 13.2. The van der Waals surface area contributed by atoms with Gasteiger partial charge in [0.25, 0.3) is 5.91 Å². The van der Waals surface area contributed by atoms with Gasteiger partial charge in [-0.15, -0.1) is 0 Å². The highest BCUT2D eigenvalue weighted by molar-refractivity contribution is 7.91. The number of ether oxygens (including phenoxy) is 3. The van der Waals surface area contributed by atoms with Crippen molar-refractivity contribution in [3.8, 4) is 17.2 Å². The smallest absolute Gasteiger partial charge is 0.261 e. The molecule has 0 aliphatic carbocycles. The Morgan fingerprint density at radius 3 is 2.31 bits per heavy atom. The minimum atomic E-state index is -3.17. The van der Waals surface area contributed by atoms with Crippen LogP contribution in [0.5, 0.6) is 17.2 Å². The molecule has 1 amide bonds. The van der Waals surface area contributed by atoms with Gasteiger partial charge in [-0.2, -0.15) is 0 Å². The second-order valence-electron chi connectivity index (χ2n) is 7.93. The molecule has 3 rings (SSSR count). The van der Waals surface area contributed by atoms with Crippen molar-refractivity contribution < 1.29 is 27.4 Å². The predicted molar refractivity (Wildman–Crippen MR) is 124 cm³/mol. The summed E-state index contributed by atoms with van der Waals surface area (Å²) in [7, 11) is -0.0774. The van der Waals surface area contributed by atoms with Crippen molar-refractivity contribution >= 4 is 27.3 Å². The molecule has 1 unspecified atom stereocenters. The molecule has 1 heterocycles. The number of rotatable bonds is 8. The van der Waals surface area contributed by atoms with E-state index >= 15 is 0 Å². The molecule has 7 nitrogen and oxygen atoms in total. The molecule has 1 fully saturated rings. The summed E-state index contributed by atoms with van der Waals surface area (Å²) in [6, 6.07) is 8.53. The Hall–Kier alpha value is -2.45. The first-order valence-corrected chi connectivity index (χ1v) is 12.4. The molecular weight excluding hydrogens is 454 g/mol. The van der Waals surface area contributed by atoms with Crippen molar-refractivity contribution in [1.29, 1.82) is 0 Å². The van der Waals surface area contributed by atoms with Crippen molar-refractivity contribution in [2.24, 2.45) is 0 Å². The molecule has 0 saturated carbocycles. The molecule has 0 bridgehead atoms. The van der Waals surface area contributed by atoms with Crippen LogP contribution in [0.2, 0.25) is 5.02 Å². The van der Waals surface area contributed by atoms with Crippen LogP contribution in [0.15, 0.2) is 30.3 Å². The zero-order valence-electron chi connectivity index (χ0n) is 18.7. The lowest BCUT2D eigenvalue weighted by molar-refractivity contribution is -0.136. The lowest BCUT2D eigenvalue weighted by atomic mass is 10.1. The number of aryl methyl sites for hydroxylation is 2. The van der Waals surface area contributed by atoms with Crippen LogP contribution in [0.25, 0.3) is 0 Å². The van der Waals surface area contributed by atoms with E-state index in [0.717, 1.165) is 16.7 Å². The third kappa shape index (κ3) is 5.66. The quantitative estimate of drug-likeness (QED) is 0.573. The SMILES string of the molecule is COc1ccc(CN(C(=O)COc2cc(C)c(Cl)c(C)c2)C2CCS(=O)(=O)C2)cc1OC. The summed E-state index contributed by atoms with van der Waals surface area (Å²) < 4.78 is 40.5. The number of amides is 1. The largest absolute Gasteiger partial charge is 0.493 e. The number of hydrogen-bond acceptors (Lipinski definition) is 6. The summed E-state index contributed by atoms with van der Waals surface area (Å²) in [5.74, 6) is 1.40. The number of halogens is 1. The Labute approximate surface area is 194 Å². The highest BCUT2D eigenvalue weighted by Gasteiger charge is 2.35. The number of sulfone groups is 1. The second-order valence-corrected chi connectivity index (χ2v) is 10.5. The van der Waals surface area contributed by atoms with Crippen LogP contribution in [0.4, 0.5) is 0 Å². The van der Waals surface area contributed by atoms with Gasteiger partial charge < -0.3 is 19.1 Å². The van der Waals surface area contributed by atoms with Crippen LogP contribution in [0.3, 0.4) is 0 Å². The van der Waals surface area contributed by atoms with Gasteiger partial charge in [0.05, 0.1) is 25.7 Å². The molecular formula is C23H28ClNO6S. The molecule has 0 N–H and O–H groups in total.